The van der Waals surface area contributed by atoms with Crippen LogP contribution < -0.4 is 15.0 Å². The molecule has 5 rings (SSSR count). The Bertz CT molecular complexity index is 1250. The van der Waals surface area contributed by atoms with Crippen LogP contribution in [0.3, 0.4) is 0 Å². The fraction of sp³-hybridized carbons (Fsp3) is 0.250. The minimum atomic E-state index is -0.560. The van der Waals surface area contributed by atoms with Gasteiger partial charge in [0, 0.05) is 29.1 Å². The summed E-state index contributed by atoms with van der Waals surface area (Å²) in [5.74, 6) is -0.936. The van der Waals surface area contributed by atoms with Crippen molar-refractivity contribution in [1.82, 2.24) is 15.3 Å². The number of aryl methyl sites for hydroxylation is 2. The number of aromatic nitrogens is 2. The third-order valence-corrected chi connectivity index (χ3v) is 6.02. The van der Waals surface area contributed by atoms with Crippen molar-refractivity contribution >= 4 is 17.5 Å². The molecule has 0 saturated heterocycles. The number of amides is 2. The molecule has 0 bridgehead atoms. The topological polar surface area (TPSA) is 84.4 Å². The minimum absolute atomic E-state index is 0.0382. The van der Waals surface area contributed by atoms with E-state index in [4.69, 9.17) is 4.74 Å². The number of hydrogen-bond acceptors (Lipinski definition) is 5. The molecule has 2 aliphatic rings. The van der Waals surface area contributed by atoms with E-state index in [0.717, 1.165) is 28.9 Å². The molecule has 2 amide bonds. The molecule has 2 aliphatic heterocycles. The predicted molar refractivity (Wildman–Crippen MR) is 116 cm³/mol. The summed E-state index contributed by atoms with van der Waals surface area (Å²) in [7, 11) is 0. The monoisotopic (exact) mass is 432 g/mol. The maximum atomic E-state index is 15.1. The van der Waals surface area contributed by atoms with Crippen molar-refractivity contribution in [2.24, 2.45) is 0 Å². The standard InChI is InChI=1S/C24H21FN4O3/c1-13-19(14(2)28-12-27-13)10-29-21-9-17(8-20(25)23(21)32-11-22(29)30)16-4-3-15-5-6-26-24(31)18(15)7-16/h3-4,7-9,12H,5-6,10-11H2,1-2H3,(H,26,31). The Morgan fingerprint density at radius 1 is 1.09 bits per heavy atom. The van der Waals surface area contributed by atoms with E-state index in [1.807, 2.05) is 26.0 Å². The molecule has 1 N–H and O–H groups in total. The molecule has 7 nitrogen and oxygen atoms in total. The maximum Gasteiger partial charge on any atom is 0.265 e. The van der Waals surface area contributed by atoms with Gasteiger partial charge in [-0.2, -0.15) is 0 Å². The lowest BCUT2D eigenvalue weighted by atomic mass is 9.94. The average molecular weight is 432 g/mol. The molecule has 0 saturated carbocycles. The Hall–Kier alpha value is -3.81. The first-order valence-corrected chi connectivity index (χ1v) is 10.4. The second kappa shape index (κ2) is 7.71. The average Bonchev–Trinajstić information content (AvgIpc) is 2.77. The van der Waals surface area contributed by atoms with E-state index in [0.29, 0.717) is 28.9 Å². The lowest BCUT2D eigenvalue weighted by Gasteiger charge is -2.31. The van der Waals surface area contributed by atoms with E-state index in [9.17, 15) is 9.59 Å². The number of carbonyl (C=O) groups excluding carboxylic acids is 2. The molecule has 2 aromatic carbocycles. The number of anilines is 1. The second-order valence-electron chi connectivity index (χ2n) is 7.98. The number of nitrogens with zero attached hydrogens (tertiary/aromatic N) is 3. The van der Waals surface area contributed by atoms with E-state index < -0.39 is 5.82 Å². The van der Waals surface area contributed by atoms with Gasteiger partial charge in [-0.1, -0.05) is 12.1 Å². The fourth-order valence-corrected chi connectivity index (χ4v) is 4.21. The Balaban J connectivity index is 1.59. The highest BCUT2D eigenvalue weighted by atomic mass is 19.1. The Labute approximate surface area is 184 Å². The number of carbonyl (C=O) groups is 2. The van der Waals surface area contributed by atoms with Crippen LogP contribution in [0.5, 0.6) is 5.75 Å². The Morgan fingerprint density at radius 3 is 2.66 bits per heavy atom. The van der Waals surface area contributed by atoms with Crippen LogP contribution in [0.1, 0.15) is 32.9 Å². The fourth-order valence-electron chi connectivity index (χ4n) is 4.21. The van der Waals surface area contributed by atoms with Crippen LogP contribution in [0, 0.1) is 19.7 Å². The van der Waals surface area contributed by atoms with E-state index >= 15 is 4.39 Å². The molecule has 0 atom stereocenters. The van der Waals surface area contributed by atoms with Gasteiger partial charge in [0.25, 0.3) is 11.8 Å². The van der Waals surface area contributed by atoms with Crippen molar-refractivity contribution in [2.45, 2.75) is 26.8 Å². The van der Waals surface area contributed by atoms with Crippen LogP contribution in [0.25, 0.3) is 11.1 Å². The number of nitrogens with one attached hydrogen (secondary N) is 1. The number of halogens is 1. The molecule has 3 heterocycles. The van der Waals surface area contributed by atoms with Crippen molar-refractivity contribution in [3.8, 4) is 16.9 Å². The van der Waals surface area contributed by atoms with Gasteiger partial charge in [0.2, 0.25) is 0 Å². The van der Waals surface area contributed by atoms with Gasteiger partial charge in [0.1, 0.15) is 6.33 Å². The van der Waals surface area contributed by atoms with Gasteiger partial charge in [-0.05, 0) is 55.2 Å². The van der Waals surface area contributed by atoms with Gasteiger partial charge in [0.05, 0.1) is 12.2 Å². The highest BCUT2D eigenvalue weighted by Gasteiger charge is 2.30. The molecular weight excluding hydrogens is 411 g/mol. The molecule has 1 aromatic heterocycles. The number of rotatable bonds is 3. The third-order valence-electron chi connectivity index (χ3n) is 6.02. The molecule has 162 valence electrons. The van der Waals surface area contributed by atoms with Crippen molar-refractivity contribution in [1.29, 1.82) is 0 Å². The van der Waals surface area contributed by atoms with Gasteiger partial charge >= 0.3 is 0 Å². The summed E-state index contributed by atoms with van der Waals surface area (Å²) in [5, 5.41) is 2.83. The summed E-state index contributed by atoms with van der Waals surface area (Å²) < 4.78 is 20.5. The summed E-state index contributed by atoms with van der Waals surface area (Å²) in [5.41, 5.74) is 5.48. The van der Waals surface area contributed by atoms with E-state index in [1.165, 1.54) is 17.3 Å². The molecule has 0 unspecified atom stereocenters. The summed E-state index contributed by atoms with van der Waals surface area (Å²) in [6.45, 7) is 4.28. The smallest absolute Gasteiger partial charge is 0.265 e. The Kier molecular flexibility index (Phi) is 4.84. The van der Waals surface area contributed by atoms with Crippen LogP contribution in [0.2, 0.25) is 0 Å². The minimum Gasteiger partial charge on any atom is -0.478 e. The third kappa shape index (κ3) is 3.37. The molecule has 32 heavy (non-hydrogen) atoms. The normalized spacial score (nSPS) is 15.0. The molecule has 8 heteroatoms. The van der Waals surface area contributed by atoms with Crippen LogP contribution in [0.4, 0.5) is 10.1 Å². The van der Waals surface area contributed by atoms with Gasteiger partial charge in [-0.25, -0.2) is 14.4 Å². The van der Waals surface area contributed by atoms with Crippen LogP contribution in [0.15, 0.2) is 36.7 Å². The van der Waals surface area contributed by atoms with E-state index in [2.05, 4.69) is 15.3 Å². The van der Waals surface area contributed by atoms with Gasteiger partial charge in [0.15, 0.2) is 18.2 Å². The molecule has 0 aliphatic carbocycles. The SMILES string of the molecule is Cc1ncnc(C)c1CN1C(=O)COc2c(F)cc(-c3ccc4c(c3)C(=O)NCC4)cc21. The molecule has 0 fully saturated rings. The maximum absolute atomic E-state index is 15.1. The summed E-state index contributed by atoms with van der Waals surface area (Å²) in [4.78, 5) is 35.0. The zero-order valence-electron chi connectivity index (χ0n) is 17.7. The molecular formula is C24H21FN4O3. The number of hydrogen-bond donors (Lipinski definition) is 1. The van der Waals surface area contributed by atoms with Crippen LogP contribution >= 0.6 is 0 Å². The van der Waals surface area contributed by atoms with Crippen molar-refractivity contribution in [3.63, 3.8) is 0 Å². The molecule has 0 spiro atoms. The molecule has 3 aromatic rings. The van der Waals surface area contributed by atoms with Crippen molar-refractivity contribution < 1.29 is 18.7 Å². The van der Waals surface area contributed by atoms with Crippen molar-refractivity contribution in [3.05, 3.63) is 70.6 Å². The lowest BCUT2D eigenvalue weighted by molar-refractivity contribution is -0.121. The van der Waals surface area contributed by atoms with E-state index in [1.54, 1.807) is 12.1 Å². The van der Waals surface area contributed by atoms with E-state index in [-0.39, 0.29) is 30.7 Å². The second-order valence-corrected chi connectivity index (χ2v) is 7.98. The van der Waals surface area contributed by atoms with Crippen LogP contribution in [-0.4, -0.2) is 34.9 Å². The number of benzene rings is 2. The number of ether oxygens (including phenoxy) is 1. The van der Waals surface area contributed by atoms with Crippen molar-refractivity contribution in [2.75, 3.05) is 18.1 Å². The Morgan fingerprint density at radius 2 is 1.88 bits per heavy atom. The highest BCUT2D eigenvalue weighted by molar-refractivity contribution is 6.00. The summed E-state index contributed by atoms with van der Waals surface area (Å²) >= 11 is 0. The number of fused-ring (bicyclic) bond motifs is 2. The first-order chi connectivity index (χ1) is 15.4. The summed E-state index contributed by atoms with van der Waals surface area (Å²) in [6, 6.07) is 8.63. The largest absolute Gasteiger partial charge is 0.478 e. The lowest BCUT2D eigenvalue weighted by Crippen LogP contribution is -2.39. The quantitative estimate of drug-likeness (QED) is 0.688. The zero-order valence-corrected chi connectivity index (χ0v) is 17.7. The summed E-state index contributed by atoms with van der Waals surface area (Å²) in [6.07, 6.45) is 2.24. The molecule has 0 radical (unpaired) electrons. The van der Waals surface area contributed by atoms with Gasteiger partial charge < -0.3 is 15.0 Å². The van der Waals surface area contributed by atoms with Crippen LogP contribution in [-0.2, 0) is 17.8 Å². The van der Waals surface area contributed by atoms with Gasteiger partial charge in [-0.3, -0.25) is 9.59 Å². The predicted octanol–water partition coefficient (Wildman–Crippen LogP) is 3.11. The first kappa shape index (κ1) is 20.1. The first-order valence-electron chi connectivity index (χ1n) is 10.4. The highest BCUT2D eigenvalue weighted by Crippen LogP contribution is 2.40. The van der Waals surface area contributed by atoms with Gasteiger partial charge in [-0.15, -0.1) is 0 Å². The zero-order chi connectivity index (χ0) is 22.4.